The largest absolute Gasteiger partial charge is 0.477 e. The molecule has 0 saturated heterocycles. The zero-order valence-electron chi connectivity index (χ0n) is 8.57. The first-order valence-corrected chi connectivity index (χ1v) is 5.37. The van der Waals surface area contributed by atoms with Crippen LogP contribution >= 0.6 is 11.3 Å². The summed E-state index contributed by atoms with van der Waals surface area (Å²) in [6.07, 6.45) is 0. The molecule has 0 unspecified atom stereocenters. The second-order valence-electron chi connectivity index (χ2n) is 2.82. The number of carboxylic acid groups (broad SMARTS) is 1. The highest BCUT2D eigenvalue weighted by Crippen LogP contribution is 2.11. The van der Waals surface area contributed by atoms with Gasteiger partial charge in [0.15, 0.2) is 4.80 Å². The summed E-state index contributed by atoms with van der Waals surface area (Å²) in [4.78, 5) is 16.3. The quantitative estimate of drug-likeness (QED) is 0.829. The van der Waals surface area contributed by atoms with Crippen LogP contribution in [0.1, 0.15) is 29.2 Å². The van der Waals surface area contributed by atoms with Crippen molar-refractivity contribution in [2.45, 2.75) is 27.3 Å². The van der Waals surface area contributed by atoms with E-state index in [4.69, 9.17) is 5.11 Å². The number of carbonyl (C=O) groups is 1. The van der Waals surface area contributed by atoms with Gasteiger partial charge in [-0.1, -0.05) is 11.3 Å². The minimum Gasteiger partial charge on any atom is -0.477 e. The molecule has 0 aromatic carbocycles. The highest BCUT2D eigenvalue weighted by atomic mass is 32.1. The third-order valence-corrected chi connectivity index (χ3v) is 3.17. The van der Waals surface area contributed by atoms with Crippen LogP contribution in [0.15, 0.2) is 4.99 Å². The molecule has 1 aromatic rings. The number of rotatable bonds is 3. The molecule has 0 aliphatic carbocycles. The number of hydrogen-bond acceptors (Lipinski definition) is 3. The summed E-state index contributed by atoms with van der Waals surface area (Å²) in [6.45, 7) is 7.18. The van der Waals surface area contributed by atoms with Gasteiger partial charge in [0, 0.05) is 18.8 Å². The van der Waals surface area contributed by atoms with Gasteiger partial charge in [0.1, 0.15) is 4.88 Å². The van der Waals surface area contributed by atoms with Crippen LogP contribution in [0.5, 0.6) is 0 Å². The molecule has 78 valence electrons. The second kappa shape index (κ2) is 4.41. The minimum absolute atomic E-state index is 0.388. The third kappa shape index (κ3) is 1.87. The predicted molar refractivity (Wildman–Crippen MR) is 55.8 cm³/mol. The Hall–Kier alpha value is -1.10. The maximum absolute atomic E-state index is 10.9. The summed E-state index contributed by atoms with van der Waals surface area (Å²) in [5, 5.41) is 8.92. The molecule has 0 spiro atoms. The van der Waals surface area contributed by atoms with E-state index in [1.807, 2.05) is 25.3 Å². The Balaban J connectivity index is 3.39. The average molecular weight is 214 g/mol. The number of carboxylic acids is 1. The molecule has 0 fully saturated rings. The first kappa shape index (κ1) is 11.0. The molecule has 0 amide bonds. The zero-order chi connectivity index (χ0) is 10.7. The highest BCUT2D eigenvalue weighted by Gasteiger charge is 2.14. The predicted octanol–water partition coefficient (Wildman–Crippen LogP) is 1.50. The summed E-state index contributed by atoms with van der Waals surface area (Å²) >= 11 is 1.24. The SMILES string of the molecule is CCN=c1sc(C(=O)O)c(C)n1CC. The van der Waals surface area contributed by atoms with E-state index in [9.17, 15) is 4.79 Å². The fourth-order valence-electron chi connectivity index (χ4n) is 1.31. The van der Waals surface area contributed by atoms with Crippen molar-refractivity contribution in [3.8, 4) is 0 Å². The van der Waals surface area contributed by atoms with E-state index in [1.165, 1.54) is 11.3 Å². The normalized spacial score (nSPS) is 12.1. The van der Waals surface area contributed by atoms with Crippen molar-refractivity contribution in [3.05, 3.63) is 15.4 Å². The Morgan fingerprint density at radius 1 is 1.57 bits per heavy atom. The summed E-state index contributed by atoms with van der Waals surface area (Å²) in [5.41, 5.74) is 0.789. The molecular formula is C9H14N2O2S. The second-order valence-corrected chi connectivity index (χ2v) is 3.80. The molecule has 1 aromatic heterocycles. The van der Waals surface area contributed by atoms with E-state index in [0.717, 1.165) is 17.0 Å². The van der Waals surface area contributed by atoms with Crippen molar-refractivity contribution in [1.82, 2.24) is 4.57 Å². The van der Waals surface area contributed by atoms with Gasteiger partial charge in [0.2, 0.25) is 0 Å². The van der Waals surface area contributed by atoms with Gasteiger partial charge in [0.25, 0.3) is 0 Å². The lowest BCUT2D eigenvalue weighted by molar-refractivity contribution is 0.0701. The van der Waals surface area contributed by atoms with Crippen LogP contribution in [0.25, 0.3) is 0 Å². The Kier molecular flexibility index (Phi) is 3.46. The lowest BCUT2D eigenvalue weighted by atomic mass is 10.4. The molecule has 1 heterocycles. The minimum atomic E-state index is -0.868. The Labute approximate surface area is 86.5 Å². The van der Waals surface area contributed by atoms with E-state index in [1.54, 1.807) is 0 Å². The number of aromatic carboxylic acids is 1. The van der Waals surface area contributed by atoms with Crippen molar-refractivity contribution < 1.29 is 9.90 Å². The van der Waals surface area contributed by atoms with Crippen LogP contribution in [-0.4, -0.2) is 22.2 Å². The molecule has 0 radical (unpaired) electrons. The molecular weight excluding hydrogens is 200 g/mol. The molecule has 5 heteroatoms. The lowest BCUT2D eigenvalue weighted by Crippen LogP contribution is -2.15. The van der Waals surface area contributed by atoms with E-state index >= 15 is 0 Å². The molecule has 1 rings (SSSR count). The molecule has 0 aliphatic rings. The number of nitrogens with zero attached hydrogens (tertiary/aromatic N) is 2. The van der Waals surface area contributed by atoms with Crippen molar-refractivity contribution in [3.63, 3.8) is 0 Å². The topological polar surface area (TPSA) is 54.6 Å². The van der Waals surface area contributed by atoms with Gasteiger partial charge >= 0.3 is 5.97 Å². The summed E-state index contributed by atoms with van der Waals surface area (Å²) < 4.78 is 1.93. The smallest absolute Gasteiger partial charge is 0.347 e. The number of thiazole rings is 1. The average Bonchev–Trinajstić information content (AvgIpc) is 2.43. The maximum atomic E-state index is 10.9. The molecule has 0 saturated carbocycles. The monoisotopic (exact) mass is 214 g/mol. The van der Waals surface area contributed by atoms with Crippen molar-refractivity contribution in [1.29, 1.82) is 0 Å². The summed E-state index contributed by atoms with van der Waals surface area (Å²) in [7, 11) is 0. The van der Waals surface area contributed by atoms with Crippen molar-refractivity contribution >= 4 is 17.3 Å². The summed E-state index contributed by atoms with van der Waals surface area (Å²) in [6, 6.07) is 0. The maximum Gasteiger partial charge on any atom is 0.347 e. The summed E-state index contributed by atoms with van der Waals surface area (Å²) in [5.74, 6) is -0.868. The Morgan fingerprint density at radius 3 is 2.64 bits per heavy atom. The van der Waals surface area contributed by atoms with Crippen LogP contribution in [0.2, 0.25) is 0 Å². The molecule has 14 heavy (non-hydrogen) atoms. The Morgan fingerprint density at radius 2 is 2.21 bits per heavy atom. The fourth-order valence-corrected chi connectivity index (χ4v) is 2.41. The van der Waals surface area contributed by atoms with Crippen LogP contribution < -0.4 is 4.80 Å². The van der Waals surface area contributed by atoms with Gasteiger partial charge in [-0.3, -0.25) is 4.99 Å². The van der Waals surface area contributed by atoms with Gasteiger partial charge in [-0.25, -0.2) is 4.79 Å². The van der Waals surface area contributed by atoms with Gasteiger partial charge in [-0.05, 0) is 20.8 Å². The van der Waals surface area contributed by atoms with Gasteiger partial charge < -0.3 is 9.67 Å². The van der Waals surface area contributed by atoms with Gasteiger partial charge in [0.05, 0.1) is 0 Å². The van der Waals surface area contributed by atoms with Crippen molar-refractivity contribution in [2.24, 2.45) is 4.99 Å². The molecule has 0 aliphatic heterocycles. The highest BCUT2D eigenvalue weighted by molar-refractivity contribution is 7.11. The molecule has 0 atom stereocenters. The van der Waals surface area contributed by atoms with Gasteiger partial charge in [-0.2, -0.15) is 0 Å². The van der Waals surface area contributed by atoms with Crippen LogP contribution in [0.4, 0.5) is 0 Å². The van der Waals surface area contributed by atoms with E-state index in [2.05, 4.69) is 4.99 Å². The lowest BCUT2D eigenvalue weighted by Gasteiger charge is -2.00. The van der Waals surface area contributed by atoms with Gasteiger partial charge in [-0.15, -0.1) is 0 Å². The first-order chi connectivity index (χ1) is 6.61. The fraction of sp³-hybridized carbons (Fsp3) is 0.556. The first-order valence-electron chi connectivity index (χ1n) is 4.55. The standard InChI is InChI=1S/C9H14N2O2S/c1-4-10-9-11(5-2)6(3)7(14-9)8(12)13/h4-5H2,1-3H3,(H,12,13). The van der Waals surface area contributed by atoms with Crippen LogP contribution in [0.3, 0.4) is 0 Å². The molecule has 0 bridgehead atoms. The zero-order valence-corrected chi connectivity index (χ0v) is 9.39. The number of hydrogen-bond donors (Lipinski definition) is 1. The van der Waals surface area contributed by atoms with E-state index in [0.29, 0.717) is 11.4 Å². The van der Waals surface area contributed by atoms with Crippen molar-refractivity contribution in [2.75, 3.05) is 6.54 Å². The van der Waals surface area contributed by atoms with Crippen LogP contribution in [-0.2, 0) is 6.54 Å². The molecule has 1 N–H and O–H groups in total. The van der Waals surface area contributed by atoms with E-state index in [-0.39, 0.29) is 0 Å². The number of aromatic nitrogens is 1. The van der Waals surface area contributed by atoms with E-state index < -0.39 is 5.97 Å². The third-order valence-electron chi connectivity index (χ3n) is 1.96. The molecule has 4 nitrogen and oxygen atoms in total. The Bertz CT molecular complexity index is 403. The van der Waals surface area contributed by atoms with Crippen LogP contribution in [0, 0.1) is 6.92 Å².